The summed E-state index contributed by atoms with van der Waals surface area (Å²) in [6, 6.07) is 4.34. The van der Waals surface area contributed by atoms with Crippen LogP contribution in [0.1, 0.15) is 17.0 Å². The Morgan fingerprint density at radius 2 is 2.21 bits per heavy atom. The van der Waals surface area contributed by atoms with E-state index in [4.69, 9.17) is 5.11 Å². The topological polar surface area (TPSA) is 33.1 Å². The lowest BCUT2D eigenvalue weighted by atomic mass is 10.2. The quantitative estimate of drug-likeness (QED) is 0.835. The lowest BCUT2D eigenvalue weighted by Gasteiger charge is -1.96. The third-order valence-corrected chi connectivity index (χ3v) is 2.86. The predicted molar refractivity (Wildman–Crippen MR) is 50.5 cm³/mol. The van der Waals surface area contributed by atoms with Crippen LogP contribution in [0.5, 0.6) is 0 Å². The summed E-state index contributed by atoms with van der Waals surface area (Å²) in [5.41, 5.74) is 0.490. The molecule has 2 nitrogen and oxygen atoms in total. The third-order valence-electron chi connectivity index (χ3n) is 1.84. The summed E-state index contributed by atoms with van der Waals surface area (Å²) in [5.74, 6) is 0. The fraction of sp³-hybridized carbons (Fsp3) is 0.222. The highest BCUT2D eigenvalue weighted by molar-refractivity contribution is 7.18. The minimum atomic E-state index is -2.47. The molecule has 0 aliphatic carbocycles. The Labute approximate surface area is 82.8 Å². The molecule has 0 saturated heterocycles. The molecular weight excluding hydrogens is 208 g/mol. The van der Waals surface area contributed by atoms with Gasteiger partial charge in [-0.15, -0.1) is 11.3 Å². The Morgan fingerprint density at radius 3 is 2.86 bits per heavy atom. The van der Waals surface area contributed by atoms with Crippen molar-refractivity contribution < 1.29 is 13.9 Å². The highest BCUT2D eigenvalue weighted by atomic mass is 32.1. The third kappa shape index (κ3) is 1.60. The van der Waals surface area contributed by atoms with Crippen LogP contribution >= 0.6 is 11.3 Å². The maximum absolute atomic E-state index is 12.3. The summed E-state index contributed by atoms with van der Waals surface area (Å²) >= 11 is 1.31. The number of aromatic nitrogens is 1. The zero-order valence-corrected chi connectivity index (χ0v) is 7.89. The summed E-state index contributed by atoms with van der Waals surface area (Å²) in [4.78, 5) is 4.01. The second kappa shape index (κ2) is 3.59. The molecule has 0 aliphatic heterocycles. The van der Waals surface area contributed by atoms with Crippen molar-refractivity contribution in [3.05, 3.63) is 28.8 Å². The van der Waals surface area contributed by atoms with E-state index in [0.29, 0.717) is 10.5 Å². The number of aliphatic hydroxyl groups excluding tert-OH is 1. The SMILES string of the molecule is OCc1nc2cc(C(F)F)ccc2s1. The summed E-state index contributed by atoms with van der Waals surface area (Å²) in [6.45, 7) is -0.149. The number of rotatable bonds is 2. The number of benzene rings is 1. The molecule has 0 amide bonds. The maximum Gasteiger partial charge on any atom is 0.263 e. The van der Waals surface area contributed by atoms with Gasteiger partial charge in [-0.2, -0.15) is 0 Å². The van der Waals surface area contributed by atoms with Crippen LogP contribution in [0.2, 0.25) is 0 Å². The first-order valence-corrected chi connectivity index (χ1v) is 4.80. The Kier molecular flexibility index (Phi) is 2.43. The van der Waals surface area contributed by atoms with Crippen LogP contribution in [0.15, 0.2) is 18.2 Å². The number of aliphatic hydroxyl groups is 1. The molecule has 0 fully saturated rings. The monoisotopic (exact) mass is 215 g/mol. The molecule has 0 spiro atoms. The van der Waals surface area contributed by atoms with Crippen molar-refractivity contribution in [1.82, 2.24) is 4.98 Å². The normalized spacial score (nSPS) is 11.4. The van der Waals surface area contributed by atoms with Gasteiger partial charge >= 0.3 is 0 Å². The Balaban J connectivity index is 2.54. The molecular formula is C9H7F2NOS. The van der Waals surface area contributed by atoms with Crippen LogP contribution in [0, 0.1) is 0 Å². The van der Waals surface area contributed by atoms with E-state index in [0.717, 1.165) is 4.70 Å². The molecule has 2 aromatic rings. The second-order valence-corrected chi connectivity index (χ2v) is 3.91. The molecule has 0 aliphatic rings. The van der Waals surface area contributed by atoms with Crippen molar-refractivity contribution in [2.45, 2.75) is 13.0 Å². The van der Waals surface area contributed by atoms with Crippen molar-refractivity contribution in [3.63, 3.8) is 0 Å². The number of alkyl halides is 2. The molecule has 1 heterocycles. The summed E-state index contributed by atoms with van der Waals surface area (Å²) < 4.78 is 25.4. The van der Waals surface area contributed by atoms with Gasteiger partial charge < -0.3 is 5.11 Å². The molecule has 0 bridgehead atoms. The van der Waals surface area contributed by atoms with E-state index in [2.05, 4.69) is 4.98 Å². The van der Waals surface area contributed by atoms with Crippen molar-refractivity contribution in [2.24, 2.45) is 0 Å². The fourth-order valence-electron chi connectivity index (χ4n) is 1.20. The summed E-state index contributed by atoms with van der Waals surface area (Å²) in [6.07, 6.45) is -2.47. The number of hydrogen-bond acceptors (Lipinski definition) is 3. The number of thiazole rings is 1. The lowest BCUT2D eigenvalue weighted by Crippen LogP contribution is -1.83. The van der Waals surface area contributed by atoms with Crippen molar-refractivity contribution in [3.8, 4) is 0 Å². The number of halogens is 2. The molecule has 1 aromatic carbocycles. The lowest BCUT2D eigenvalue weighted by molar-refractivity contribution is 0.151. The fourth-order valence-corrected chi connectivity index (χ4v) is 2.00. The van der Waals surface area contributed by atoms with Gasteiger partial charge in [0.2, 0.25) is 0 Å². The molecule has 14 heavy (non-hydrogen) atoms. The van der Waals surface area contributed by atoms with Gasteiger partial charge in [-0.25, -0.2) is 13.8 Å². The Hall–Kier alpha value is -1.07. The largest absolute Gasteiger partial charge is 0.389 e. The van der Waals surface area contributed by atoms with Crippen LogP contribution in [0.25, 0.3) is 10.2 Å². The number of hydrogen-bond donors (Lipinski definition) is 1. The first kappa shape index (κ1) is 9.48. The first-order valence-electron chi connectivity index (χ1n) is 3.99. The summed E-state index contributed by atoms with van der Waals surface area (Å²) in [7, 11) is 0. The molecule has 0 unspecified atom stereocenters. The number of fused-ring (bicyclic) bond motifs is 1. The van der Waals surface area contributed by atoms with Gasteiger partial charge in [0.05, 0.1) is 16.8 Å². The van der Waals surface area contributed by atoms with Gasteiger partial charge in [-0.3, -0.25) is 0 Å². The van der Waals surface area contributed by atoms with E-state index >= 15 is 0 Å². The molecule has 1 aromatic heterocycles. The minimum Gasteiger partial charge on any atom is -0.389 e. The van der Waals surface area contributed by atoms with E-state index in [9.17, 15) is 8.78 Å². The molecule has 2 rings (SSSR count). The molecule has 0 saturated carbocycles. The zero-order valence-electron chi connectivity index (χ0n) is 7.08. The van der Waals surface area contributed by atoms with E-state index in [1.807, 2.05) is 0 Å². The van der Waals surface area contributed by atoms with Crippen LogP contribution in [0.3, 0.4) is 0 Å². The molecule has 74 valence electrons. The molecule has 1 N–H and O–H groups in total. The predicted octanol–water partition coefficient (Wildman–Crippen LogP) is 2.73. The van der Waals surface area contributed by atoms with Crippen molar-refractivity contribution in [1.29, 1.82) is 0 Å². The van der Waals surface area contributed by atoms with Crippen molar-refractivity contribution in [2.75, 3.05) is 0 Å². The average molecular weight is 215 g/mol. The van der Waals surface area contributed by atoms with Gasteiger partial charge in [-0.1, -0.05) is 6.07 Å². The van der Waals surface area contributed by atoms with Gasteiger partial charge in [0.15, 0.2) is 0 Å². The highest BCUT2D eigenvalue weighted by Crippen LogP contribution is 2.27. The first-order chi connectivity index (χ1) is 6.70. The van der Waals surface area contributed by atoms with Gasteiger partial charge in [0, 0.05) is 5.56 Å². The number of nitrogens with zero attached hydrogens (tertiary/aromatic N) is 1. The van der Waals surface area contributed by atoms with Crippen LogP contribution in [-0.2, 0) is 6.61 Å². The van der Waals surface area contributed by atoms with E-state index in [1.165, 1.54) is 23.5 Å². The van der Waals surface area contributed by atoms with Crippen molar-refractivity contribution >= 4 is 21.6 Å². The van der Waals surface area contributed by atoms with Crippen LogP contribution < -0.4 is 0 Å². The maximum atomic E-state index is 12.3. The minimum absolute atomic E-state index is 0.0349. The smallest absolute Gasteiger partial charge is 0.263 e. The standard InChI is InChI=1S/C9H7F2NOS/c10-9(11)5-1-2-7-6(3-5)12-8(4-13)14-7/h1-3,9,13H,4H2. The molecule has 0 atom stereocenters. The zero-order chi connectivity index (χ0) is 10.1. The summed E-state index contributed by atoms with van der Waals surface area (Å²) in [5, 5.41) is 9.36. The van der Waals surface area contributed by atoms with E-state index in [-0.39, 0.29) is 12.2 Å². The molecule has 5 heteroatoms. The highest BCUT2D eigenvalue weighted by Gasteiger charge is 2.09. The van der Waals surface area contributed by atoms with E-state index < -0.39 is 6.43 Å². The second-order valence-electron chi connectivity index (χ2n) is 2.79. The Bertz CT molecular complexity index is 455. The average Bonchev–Trinajstić information content (AvgIpc) is 2.58. The van der Waals surface area contributed by atoms with Gasteiger partial charge in [0.1, 0.15) is 5.01 Å². The van der Waals surface area contributed by atoms with E-state index in [1.54, 1.807) is 6.07 Å². The van der Waals surface area contributed by atoms with Crippen LogP contribution in [0.4, 0.5) is 8.78 Å². The Morgan fingerprint density at radius 1 is 1.43 bits per heavy atom. The van der Waals surface area contributed by atoms with Gasteiger partial charge in [-0.05, 0) is 12.1 Å². The van der Waals surface area contributed by atoms with Crippen LogP contribution in [-0.4, -0.2) is 10.1 Å². The molecule has 0 radical (unpaired) electrons. The van der Waals surface area contributed by atoms with Gasteiger partial charge in [0.25, 0.3) is 6.43 Å².